The minimum absolute atomic E-state index is 0.206. The van der Waals surface area contributed by atoms with E-state index in [1.807, 2.05) is 37.3 Å². The Hall–Kier alpha value is -1.84. The fraction of sp³-hybridized carbons (Fsp3) is 0.467. The van der Waals surface area contributed by atoms with Gasteiger partial charge >= 0.3 is 5.97 Å². The summed E-state index contributed by atoms with van der Waals surface area (Å²) in [5, 5.41) is 9.64. The largest absolute Gasteiger partial charge is 0.479 e. The summed E-state index contributed by atoms with van der Waals surface area (Å²) >= 11 is 0. The SMILES string of the molecule is CCN(C(C)=O)C(CC)(Cc1ccccc1)C(=O)O. The van der Waals surface area contributed by atoms with Crippen LogP contribution in [0, 0.1) is 0 Å². The van der Waals surface area contributed by atoms with Gasteiger partial charge in [-0.15, -0.1) is 0 Å². The van der Waals surface area contributed by atoms with Crippen LogP contribution in [0.25, 0.3) is 0 Å². The van der Waals surface area contributed by atoms with Crippen molar-refractivity contribution in [1.29, 1.82) is 0 Å². The fourth-order valence-electron chi connectivity index (χ4n) is 2.51. The van der Waals surface area contributed by atoms with E-state index in [1.165, 1.54) is 11.8 Å². The summed E-state index contributed by atoms with van der Waals surface area (Å²) in [6.45, 7) is 5.42. The number of aliphatic carboxylic acids is 1. The molecule has 4 heteroatoms. The van der Waals surface area contributed by atoms with Gasteiger partial charge in [0.15, 0.2) is 0 Å². The third-order valence-corrected chi connectivity index (χ3v) is 3.54. The van der Waals surface area contributed by atoms with E-state index in [0.717, 1.165) is 5.56 Å². The molecule has 0 saturated heterocycles. The number of carboxylic acid groups (broad SMARTS) is 1. The summed E-state index contributed by atoms with van der Waals surface area (Å²) in [6, 6.07) is 9.42. The maximum Gasteiger partial charge on any atom is 0.329 e. The number of likely N-dealkylation sites (N-methyl/N-ethyl adjacent to an activating group) is 1. The van der Waals surface area contributed by atoms with Gasteiger partial charge in [0.2, 0.25) is 5.91 Å². The molecular weight excluding hydrogens is 242 g/mol. The second kappa shape index (κ2) is 6.36. The van der Waals surface area contributed by atoms with Crippen molar-refractivity contribution < 1.29 is 14.7 Å². The Morgan fingerprint density at radius 3 is 2.16 bits per heavy atom. The van der Waals surface area contributed by atoms with Crippen LogP contribution in [0.4, 0.5) is 0 Å². The lowest BCUT2D eigenvalue weighted by Gasteiger charge is -2.39. The highest BCUT2D eigenvalue weighted by molar-refractivity contribution is 5.86. The molecule has 0 bridgehead atoms. The van der Waals surface area contributed by atoms with Crippen molar-refractivity contribution in [3.63, 3.8) is 0 Å². The highest BCUT2D eigenvalue weighted by Crippen LogP contribution is 2.26. The zero-order valence-electron chi connectivity index (χ0n) is 11.7. The van der Waals surface area contributed by atoms with Crippen LogP contribution in [0.5, 0.6) is 0 Å². The smallest absolute Gasteiger partial charge is 0.329 e. The fourth-order valence-corrected chi connectivity index (χ4v) is 2.51. The maximum atomic E-state index is 11.8. The van der Waals surface area contributed by atoms with Crippen molar-refractivity contribution in [2.24, 2.45) is 0 Å². The van der Waals surface area contributed by atoms with Crippen molar-refractivity contribution in [2.45, 2.75) is 39.2 Å². The minimum atomic E-state index is -1.16. The minimum Gasteiger partial charge on any atom is -0.479 e. The molecule has 1 amide bonds. The summed E-state index contributed by atoms with van der Waals surface area (Å²) in [7, 11) is 0. The molecule has 0 saturated carbocycles. The van der Waals surface area contributed by atoms with Crippen LogP contribution in [0.1, 0.15) is 32.8 Å². The molecule has 0 heterocycles. The summed E-state index contributed by atoms with van der Waals surface area (Å²) in [4.78, 5) is 25.0. The standard InChI is InChI=1S/C15H21NO3/c1-4-15(14(18)19,16(5-2)12(3)17)11-13-9-7-6-8-10-13/h6-10H,4-5,11H2,1-3H3,(H,18,19). The Kier molecular flexibility index (Phi) is 5.10. The van der Waals surface area contributed by atoms with Gasteiger partial charge in [0.05, 0.1) is 0 Å². The second-order valence-corrected chi connectivity index (χ2v) is 4.62. The number of nitrogens with zero attached hydrogens (tertiary/aromatic N) is 1. The van der Waals surface area contributed by atoms with Gasteiger partial charge in [0.1, 0.15) is 5.54 Å². The van der Waals surface area contributed by atoms with E-state index in [9.17, 15) is 14.7 Å². The quantitative estimate of drug-likeness (QED) is 0.857. The lowest BCUT2D eigenvalue weighted by molar-refractivity contribution is -0.158. The Bertz CT molecular complexity index is 444. The van der Waals surface area contributed by atoms with Crippen LogP contribution < -0.4 is 0 Å². The number of hydrogen-bond acceptors (Lipinski definition) is 2. The van der Waals surface area contributed by atoms with Gasteiger partial charge < -0.3 is 10.0 Å². The molecule has 0 radical (unpaired) electrons. The number of rotatable bonds is 6. The average Bonchev–Trinajstić information content (AvgIpc) is 2.38. The van der Waals surface area contributed by atoms with Crippen LogP contribution in [0.15, 0.2) is 30.3 Å². The zero-order chi connectivity index (χ0) is 14.5. The number of carbonyl (C=O) groups is 2. The molecule has 0 aliphatic heterocycles. The predicted molar refractivity (Wildman–Crippen MR) is 73.9 cm³/mol. The molecule has 19 heavy (non-hydrogen) atoms. The maximum absolute atomic E-state index is 11.8. The molecule has 1 N–H and O–H groups in total. The van der Waals surface area contributed by atoms with E-state index in [2.05, 4.69) is 0 Å². The predicted octanol–water partition coefficient (Wildman–Crippen LogP) is 2.33. The Morgan fingerprint density at radius 1 is 1.21 bits per heavy atom. The first-order chi connectivity index (χ1) is 8.97. The van der Waals surface area contributed by atoms with E-state index < -0.39 is 11.5 Å². The number of benzene rings is 1. The van der Waals surface area contributed by atoms with Gasteiger partial charge in [0.25, 0.3) is 0 Å². The van der Waals surface area contributed by atoms with E-state index in [0.29, 0.717) is 19.4 Å². The summed E-state index contributed by atoms with van der Waals surface area (Å²) in [5.41, 5.74) is -0.242. The first-order valence-electron chi connectivity index (χ1n) is 6.53. The van der Waals surface area contributed by atoms with Gasteiger partial charge in [0, 0.05) is 19.9 Å². The van der Waals surface area contributed by atoms with Crippen molar-refractivity contribution >= 4 is 11.9 Å². The topological polar surface area (TPSA) is 57.6 Å². The molecule has 1 atom stereocenters. The highest BCUT2D eigenvalue weighted by atomic mass is 16.4. The summed E-state index contributed by atoms with van der Waals surface area (Å²) < 4.78 is 0. The van der Waals surface area contributed by atoms with Crippen molar-refractivity contribution in [1.82, 2.24) is 4.90 Å². The Labute approximate surface area is 114 Å². The number of carboxylic acids is 1. The molecule has 4 nitrogen and oxygen atoms in total. The highest BCUT2D eigenvalue weighted by Gasteiger charge is 2.43. The van der Waals surface area contributed by atoms with E-state index in [1.54, 1.807) is 6.92 Å². The molecule has 1 aromatic carbocycles. The normalized spacial score (nSPS) is 13.6. The van der Waals surface area contributed by atoms with Gasteiger partial charge in [-0.2, -0.15) is 0 Å². The van der Waals surface area contributed by atoms with Crippen molar-refractivity contribution in [3.8, 4) is 0 Å². The average molecular weight is 263 g/mol. The molecule has 0 aliphatic carbocycles. The monoisotopic (exact) mass is 263 g/mol. The van der Waals surface area contributed by atoms with Crippen LogP contribution in [-0.2, 0) is 16.0 Å². The van der Waals surface area contributed by atoms with E-state index in [-0.39, 0.29) is 5.91 Å². The van der Waals surface area contributed by atoms with Crippen molar-refractivity contribution in [2.75, 3.05) is 6.54 Å². The molecule has 1 unspecified atom stereocenters. The molecular formula is C15H21NO3. The summed E-state index contributed by atoms with van der Waals surface area (Å²) in [5.74, 6) is -1.15. The molecule has 1 aromatic rings. The third kappa shape index (κ3) is 3.13. The lowest BCUT2D eigenvalue weighted by Crippen LogP contribution is -2.57. The van der Waals surface area contributed by atoms with Gasteiger partial charge in [-0.25, -0.2) is 4.79 Å². The number of carbonyl (C=O) groups excluding carboxylic acids is 1. The number of amides is 1. The first kappa shape index (κ1) is 15.2. The third-order valence-electron chi connectivity index (χ3n) is 3.54. The molecule has 104 valence electrons. The Morgan fingerprint density at radius 2 is 1.79 bits per heavy atom. The van der Waals surface area contributed by atoms with Crippen LogP contribution in [0.2, 0.25) is 0 Å². The van der Waals surface area contributed by atoms with E-state index >= 15 is 0 Å². The Balaban J connectivity index is 3.19. The van der Waals surface area contributed by atoms with Gasteiger partial charge in [-0.1, -0.05) is 37.3 Å². The molecule has 0 aromatic heterocycles. The van der Waals surface area contributed by atoms with Crippen LogP contribution >= 0.6 is 0 Å². The number of hydrogen-bond donors (Lipinski definition) is 1. The van der Waals surface area contributed by atoms with Crippen LogP contribution in [0.3, 0.4) is 0 Å². The van der Waals surface area contributed by atoms with Gasteiger partial charge in [-0.3, -0.25) is 4.79 Å². The molecule has 0 fully saturated rings. The lowest BCUT2D eigenvalue weighted by atomic mass is 9.86. The second-order valence-electron chi connectivity index (χ2n) is 4.62. The zero-order valence-corrected chi connectivity index (χ0v) is 11.7. The molecule has 0 spiro atoms. The van der Waals surface area contributed by atoms with Crippen molar-refractivity contribution in [3.05, 3.63) is 35.9 Å². The molecule has 1 rings (SSSR count). The first-order valence-corrected chi connectivity index (χ1v) is 6.53. The summed E-state index contributed by atoms with van der Waals surface area (Å²) in [6.07, 6.45) is 0.706. The van der Waals surface area contributed by atoms with E-state index in [4.69, 9.17) is 0 Å². The van der Waals surface area contributed by atoms with Gasteiger partial charge in [-0.05, 0) is 18.9 Å². The molecule has 0 aliphatic rings. The van der Waals surface area contributed by atoms with Crippen LogP contribution in [-0.4, -0.2) is 34.0 Å².